The predicted octanol–water partition coefficient (Wildman–Crippen LogP) is 2.39. The van der Waals surface area contributed by atoms with Gasteiger partial charge in [-0.15, -0.1) is 0 Å². The van der Waals surface area contributed by atoms with Crippen LogP contribution < -0.4 is 10.1 Å². The number of methoxy groups -OCH3 is 1. The number of hydrogen-bond acceptors (Lipinski definition) is 5. The molecular formula is C21H30N2O5. The Labute approximate surface area is 166 Å². The third-order valence-electron chi connectivity index (χ3n) is 5.02. The molecule has 0 aliphatic carbocycles. The lowest BCUT2D eigenvalue weighted by atomic mass is 10.0. The molecule has 154 valence electrons. The first-order valence-corrected chi connectivity index (χ1v) is 9.74. The summed E-state index contributed by atoms with van der Waals surface area (Å²) in [6.07, 6.45) is 3.04. The lowest BCUT2D eigenvalue weighted by molar-refractivity contribution is -0.155. The Morgan fingerprint density at radius 2 is 1.86 bits per heavy atom. The van der Waals surface area contributed by atoms with Gasteiger partial charge in [0, 0.05) is 18.2 Å². The normalized spacial score (nSPS) is 17.8. The molecule has 7 heteroatoms. The molecule has 0 unspecified atom stereocenters. The fourth-order valence-electron chi connectivity index (χ4n) is 3.24. The van der Waals surface area contributed by atoms with Crippen LogP contribution in [-0.4, -0.2) is 55.0 Å². The van der Waals surface area contributed by atoms with Crippen LogP contribution in [0.4, 0.5) is 0 Å². The van der Waals surface area contributed by atoms with E-state index >= 15 is 0 Å². The zero-order valence-electron chi connectivity index (χ0n) is 17.1. The van der Waals surface area contributed by atoms with Crippen LogP contribution in [0, 0.1) is 5.92 Å². The zero-order valence-corrected chi connectivity index (χ0v) is 17.1. The molecule has 0 bridgehead atoms. The number of hydrogen-bond donors (Lipinski definition) is 1. The van der Waals surface area contributed by atoms with Crippen molar-refractivity contribution in [1.82, 2.24) is 10.2 Å². The van der Waals surface area contributed by atoms with E-state index in [1.165, 1.54) is 0 Å². The molecule has 1 saturated heterocycles. The first kappa shape index (κ1) is 21.7. The summed E-state index contributed by atoms with van der Waals surface area (Å²) >= 11 is 0. The highest BCUT2D eigenvalue weighted by Gasteiger charge is 2.29. The Balaban J connectivity index is 1.93. The van der Waals surface area contributed by atoms with E-state index in [-0.39, 0.29) is 30.4 Å². The van der Waals surface area contributed by atoms with Crippen molar-refractivity contribution < 1.29 is 23.9 Å². The van der Waals surface area contributed by atoms with Crippen LogP contribution in [0.5, 0.6) is 5.75 Å². The molecule has 2 rings (SSSR count). The van der Waals surface area contributed by atoms with Crippen LogP contribution in [0.1, 0.15) is 50.4 Å². The van der Waals surface area contributed by atoms with E-state index in [2.05, 4.69) is 5.32 Å². The van der Waals surface area contributed by atoms with E-state index in [4.69, 9.17) is 9.47 Å². The Morgan fingerprint density at radius 3 is 2.43 bits per heavy atom. The summed E-state index contributed by atoms with van der Waals surface area (Å²) in [5.74, 6) is -0.714. The third-order valence-corrected chi connectivity index (χ3v) is 5.02. The molecule has 1 aromatic rings. The highest BCUT2D eigenvalue weighted by atomic mass is 16.5. The second-order valence-electron chi connectivity index (χ2n) is 7.46. The van der Waals surface area contributed by atoms with Crippen molar-refractivity contribution in [3.63, 3.8) is 0 Å². The first-order valence-electron chi connectivity index (χ1n) is 9.74. The van der Waals surface area contributed by atoms with E-state index in [0.717, 1.165) is 19.3 Å². The number of likely N-dealkylation sites (tertiary alicyclic amines) is 1. The van der Waals surface area contributed by atoms with Gasteiger partial charge in [-0.2, -0.15) is 0 Å². The number of nitrogens with zero attached hydrogens (tertiary/aromatic N) is 1. The first-order chi connectivity index (χ1) is 13.3. The summed E-state index contributed by atoms with van der Waals surface area (Å²) in [5, 5.41) is 2.70. The molecule has 2 atom stereocenters. The van der Waals surface area contributed by atoms with E-state index in [0.29, 0.717) is 17.9 Å². The Bertz CT molecular complexity index is 687. The number of piperidine rings is 1. The molecular weight excluding hydrogens is 360 g/mol. The van der Waals surface area contributed by atoms with Crippen LogP contribution in [0.2, 0.25) is 0 Å². The number of amides is 2. The maximum Gasteiger partial charge on any atom is 0.329 e. The number of rotatable bonds is 7. The highest BCUT2D eigenvalue weighted by molar-refractivity contribution is 5.97. The van der Waals surface area contributed by atoms with Gasteiger partial charge < -0.3 is 19.7 Å². The SMILES string of the molecule is COc1ccc(C(=O)N[C@H](C(=O)OCC(=O)N2CCCC[C@H]2C)C(C)C)cc1. The van der Waals surface area contributed by atoms with Gasteiger partial charge in [-0.3, -0.25) is 9.59 Å². The Kier molecular flexibility index (Phi) is 7.84. The van der Waals surface area contributed by atoms with Gasteiger partial charge in [-0.05, 0) is 56.4 Å². The largest absolute Gasteiger partial charge is 0.497 e. The van der Waals surface area contributed by atoms with Crippen LogP contribution in [0.3, 0.4) is 0 Å². The summed E-state index contributed by atoms with van der Waals surface area (Å²) in [6, 6.07) is 5.93. The summed E-state index contributed by atoms with van der Waals surface area (Å²) in [7, 11) is 1.55. The van der Waals surface area contributed by atoms with Gasteiger partial charge in [0.1, 0.15) is 11.8 Å². The van der Waals surface area contributed by atoms with E-state index in [1.807, 2.05) is 20.8 Å². The van der Waals surface area contributed by atoms with E-state index < -0.39 is 12.0 Å². The Morgan fingerprint density at radius 1 is 1.18 bits per heavy atom. The summed E-state index contributed by atoms with van der Waals surface area (Å²) < 4.78 is 10.3. The van der Waals surface area contributed by atoms with Gasteiger partial charge in [0.15, 0.2) is 6.61 Å². The molecule has 0 spiro atoms. The third kappa shape index (κ3) is 5.71. The number of carbonyl (C=O) groups is 3. The molecule has 1 aromatic carbocycles. The van der Waals surface area contributed by atoms with E-state index in [9.17, 15) is 14.4 Å². The molecule has 0 radical (unpaired) electrons. The topological polar surface area (TPSA) is 84.9 Å². The number of ether oxygens (including phenoxy) is 2. The molecule has 1 aliphatic heterocycles. The zero-order chi connectivity index (χ0) is 20.7. The van der Waals surface area contributed by atoms with Gasteiger partial charge in [0.05, 0.1) is 7.11 Å². The average molecular weight is 390 g/mol. The molecule has 0 saturated carbocycles. The molecule has 1 heterocycles. The summed E-state index contributed by atoms with van der Waals surface area (Å²) in [6.45, 7) is 6.03. The van der Waals surface area contributed by atoms with Gasteiger partial charge in [0.25, 0.3) is 11.8 Å². The fraction of sp³-hybridized carbons (Fsp3) is 0.571. The van der Waals surface area contributed by atoms with Crippen molar-refractivity contribution in [2.75, 3.05) is 20.3 Å². The van der Waals surface area contributed by atoms with Gasteiger partial charge in [-0.1, -0.05) is 13.8 Å². The van der Waals surface area contributed by atoms with E-state index in [1.54, 1.807) is 36.3 Å². The molecule has 28 heavy (non-hydrogen) atoms. The number of esters is 1. The Hall–Kier alpha value is -2.57. The lowest BCUT2D eigenvalue weighted by Crippen LogP contribution is -2.47. The fourth-order valence-corrected chi connectivity index (χ4v) is 3.24. The maximum atomic E-state index is 12.5. The molecule has 2 amide bonds. The van der Waals surface area contributed by atoms with Crippen molar-refractivity contribution in [2.24, 2.45) is 5.92 Å². The van der Waals surface area contributed by atoms with Crippen molar-refractivity contribution in [1.29, 1.82) is 0 Å². The molecule has 1 fully saturated rings. The molecule has 7 nitrogen and oxygen atoms in total. The number of carbonyl (C=O) groups excluding carboxylic acids is 3. The molecule has 1 aliphatic rings. The minimum Gasteiger partial charge on any atom is -0.497 e. The van der Waals surface area contributed by atoms with Crippen molar-refractivity contribution in [3.05, 3.63) is 29.8 Å². The summed E-state index contributed by atoms with van der Waals surface area (Å²) in [4.78, 5) is 39.1. The van der Waals surface area contributed by atoms with Crippen LogP contribution >= 0.6 is 0 Å². The van der Waals surface area contributed by atoms with Crippen LogP contribution in [0.15, 0.2) is 24.3 Å². The standard InChI is InChI=1S/C21H30N2O5/c1-14(2)19(22-20(25)16-8-10-17(27-4)11-9-16)21(26)28-13-18(24)23-12-6-5-7-15(23)3/h8-11,14-15,19H,5-7,12-13H2,1-4H3,(H,22,25)/t15-,19+/m1/s1. The monoisotopic (exact) mass is 390 g/mol. The smallest absolute Gasteiger partial charge is 0.329 e. The van der Waals surface area contributed by atoms with Crippen LogP contribution in [0.25, 0.3) is 0 Å². The summed E-state index contributed by atoms with van der Waals surface area (Å²) in [5.41, 5.74) is 0.414. The minimum atomic E-state index is -0.832. The van der Waals surface area contributed by atoms with Gasteiger partial charge in [0.2, 0.25) is 0 Å². The van der Waals surface area contributed by atoms with Crippen molar-refractivity contribution >= 4 is 17.8 Å². The average Bonchev–Trinajstić information content (AvgIpc) is 2.70. The number of benzene rings is 1. The highest BCUT2D eigenvalue weighted by Crippen LogP contribution is 2.17. The van der Waals surface area contributed by atoms with Gasteiger partial charge >= 0.3 is 5.97 Å². The quantitative estimate of drug-likeness (QED) is 0.723. The second kappa shape index (κ2) is 10.1. The molecule has 1 N–H and O–H groups in total. The minimum absolute atomic E-state index is 0.163. The number of nitrogens with one attached hydrogen (secondary N) is 1. The molecule has 0 aromatic heterocycles. The van der Waals surface area contributed by atoms with Gasteiger partial charge in [-0.25, -0.2) is 4.79 Å². The van der Waals surface area contributed by atoms with Crippen molar-refractivity contribution in [3.8, 4) is 5.75 Å². The second-order valence-corrected chi connectivity index (χ2v) is 7.46. The lowest BCUT2D eigenvalue weighted by Gasteiger charge is -2.33. The maximum absolute atomic E-state index is 12.5. The van der Waals surface area contributed by atoms with Crippen LogP contribution in [-0.2, 0) is 14.3 Å². The van der Waals surface area contributed by atoms with Crippen molar-refractivity contribution in [2.45, 2.75) is 52.1 Å². The predicted molar refractivity (Wildman–Crippen MR) is 105 cm³/mol.